The average Bonchev–Trinajstić information content (AvgIpc) is 3.40. The number of anilines is 1. The third kappa shape index (κ3) is 4.89. The second-order valence-electron chi connectivity index (χ2n) is 6.31. The van der Waals surface area contributed by atoms with Crippen LogP contribution < -0.4 is 5.32 Å². The summed E-state index contributed by atoms with van der Waals surface area (Å²) in [5.74, 6) is 0.781. The van der Waals surface area contributed by atoms with Gasteiger partial charge in [0.05, 0.1) is 12.3 Å². The van der Waals surface area contributed by atoms with Crippen LogP contribution in [0.4, 0.5) is 5.13 Å². The molecule has 1 aromatic carbocycles. The van der Waals surface area contributed by atoms with Crippen LogP contribution in [0, 0.1) is 0 Å². The van der Waals surface area contributed by atoms with Gasteiger partial charge in [-0.1, -0.05) is 60.4 Å². The van der Waals surface area contributed by atoms with Crippen molar-refractivity contribution in [1.29, 1.82) is 0 Å². The predicted molar refractivity (Wildman–Crippen MR) is 117 cm³/mol. The summed E-state index contributed by atoms with van der Waals surface area (Å²) in [5, 5.41) is 21.6. The van der Waals surface area contributed by atoms with Crippen LogP contribution >= 0.6 is 23.1 Å². The molecule has 0 saturated carbocycles. The maximum Gasteiger partial charge on any atom is 0.236 e. The van der Waals surface area contributed by atoms with E-state index in [0.717, 1.165) is 28.4 Å². The van der Waals surface area contributed by atoms with Gasteiger partial charge in [-0.05, 0) is 24.1 Å². The van der Waals surface area contributed by atoms with Gasteiger partial charge in [0.1, 0.15) is 5.01 Å². The molecule has 0 atom stereocenters. The van der Waals surface area contributed by atoms with Gasteiger partial charge in [-0.2, -0.15) is 0 Å². The Morgan fingerprint density at radius 1 is 1.07 bits per heavy atom. The number of nitrogens with zero attached hydrogens (tertiary/aromatic N) is 6. The van der Waals surface area contributed by atoms with E-state index in [2.05, 4.69) is 42.8 Å². The van der Waals surface area contributed by atoms with Crippen molar-refractivity contribution >= 4 is 34.1 Å². The smallest absolute Gasteiger partial charge is 0.236 e. The molecule has 0 aliphatic rings. The number of hydrogen-bond donors (Lipinski definition) is 1. The first-order chi connectivity index (χ1) is 14.7. The topological polar surface area (TPSA) is 98.5 Å². The van der Waals surface area contributed by atoms with Crippen LogP contribution in [0.5, 0.6) is 0 Å². The van der Waals surface area contributed by atoms with Gasteiger partial charge in [0.2, 0.25) is 11.0 Å². The van der Waals surface area contributed by atoms with Gasteiger partial charge in [-0.25, -0.2) is 0 Å². The molecule has 30 heavy (non-hydrogen) atoms. The Bertz CT molecular complexity index is 1110. The molecule has 0 bridgehead atoms. The number of pyridine rings is 1. The Morgan fingerprint density at radius 3 is 2.60 bits per heavy atom. The lowest BCUT2D eigenvalue weighted by Gasteiger charge is -2.10. The molecule has 1 N–H and O–H groups in total. The summed E-state index contributed by atoms with van der Waals surface area (Å²) in [6.07, 6.45) is 4.25. The molecule has 0 spiro atoms. The largest absolute Gasteiger partial charge is 0.300 e. The minimum Gasteiger partial charge on any atom is -0.300 e. The molecule has 3 aromatic heterocycles. The van der Waals surface area contributed by atoms with Crippen LogP contribution in [0.3, 0.4) is 0 Å². The van der Waals surface area contributed by atoms with Gasteiger partial charge in [0.25, 0.3) is 0 Å². The van der Waals surface area contributed by atoms with Gasteiger partial charge in [0.15, 0.2) is 11.0 Å². The summed E-state index contributed by atoms with van der Waals surface area (Å²) in [5.41, 5.74) is 2.05. The molecule has 4 rings (SSSR count). The molecular weight excluding hydrogens is 418 g/mol. The molecular formula is C20H19N7OS2. The van der Waals surface area contributed by atoms with Crippen LogP contribution in [-0.4, -0.2) is 41.6 Å². The highest BCUT2D eigenvalue weighted by Gasteiger charge is 2.17. The lowest BCUT2D eigenvalue weighted by molar-refractivity contribution is -0.113. The Labute approximate surface area is 181 Å². The first-order valence-corrected chi connectivity index (χ1v) is 11.2. The number of aromatic nitrogens is 6. The second kappa shape index (κ2) is 9.59. The molecule has 4 aromatic rings. The van der Waals surface area contributed by atoms with Crippen molar-refractivity contribution < 1.29 is 4.79 Å². The van der Waals surface area contributed by atoms with Crippen molar-refractivity contribution in [2.24, 2.45) is 0 Å². The summed E-state index contributed by atoms with van der Waals surface area (Å²) in [7, 11) is 0. The predicted octanol–water partition coefficient (Wildman–Crippen LogP) is 3.53. The molecule has 10 heteroatoms. The lowest BCUT2D eigenvalue weighted by atomic mass is 10.2. The van der Waals surface area contributed by atoms with Gasteiger partial charge in [-0.15, -0.1) is 20.4 Å². The van der Waals surface area contributed by atoms with Crippen molar-refractivity contribution in [3.05, 3.63) is 65.4 Å². The zero-order valence-corrected chi connectivity index (χ0v) is 17.9. The summed E-state index contributed by atoms with van der Waals surface area (Å²) in [6.45, 7) is 2.60. The number of carbonyl (C=O) groups is 1. The molecule has 0 radical (unpaired) electrons. The molecule has 1 amide bonds. The number of thioether (sulfide) groups is 1. The van der Waals surface area contributed by atoms with Crippen molar-refractivity contribution in [3.8, 4) is 11.4 Å². The van der Waals surface area contributed by atoms with Crippen LogP contribution in [0.2, 0.25) is 0 Å². The maximum absolute atomic E-state index is 12.4. The van der Waals surface area contributed by atoms with E-state index >= 15 is 0 Å². The van der Waals surface area contributed by atoms with Crippen molar-refractivity contribution in [1.82, 2.24) is 29.9 Å². The van der Waals surface area contributed by atoms with Crippen LogP contribution in [0.25, 0.3) is 11.4 Å². The molecule has 8 nitrogen and oxygen atoms in total. The monoisotopic (exact) mass is 437 g/mol. The van der Waals surface area contributed by atoms with E-state index in [0.29, 0.717) is 16.8 Å². The van der Waals surface area contributed by atoms with Gasteiger partial charge in [0, 0.05) is 18.0 Å². The molecule has 0 aliphatic carbocycles. The SMILES string of the molecule is CCc1nnc(NC(=O)CSc2nnc(-c3ccncc3)n2Cc2ccccc2)s1. The quantitative estimate of drug-likeness (QED) is 0.421. The Morgan fingerprint density at radius 2 is 1.87 bits per heavy atom. The number of nitrogens with one attached hydrogen (secondary N) is 1. The highest BCUT2D eigenvalue weighted by Crippen LogP contribution is 2.25. The first-order valence-electron chi connectivity index (χ1n) is 9.35. The second-order valence-corrected chi connectivity index (χ2v) is 8.31. The van der Waals surface area contributed by atoms with Crippen molar-refractivity contribution in [2.45, 2.75) is 25.0 Å². The Hall–Kier alpha value is -3.11. The van der Waals surface area contributed by atoms with Gasteiger partial charge in [-0.3, -0.25) is 19.7 Å². The fraction of sp³-hybridized carbons (Fsp3) is 0.200. The van der Waals surface area contributed by atoms with Crippen LogP contribution in [0.15, 0.2) is 60.0 Å². The molecule has 0 aliphatic heterocycles. The minimum absolute atomic E-state index is 0.154. The fourth-order valence-corrected chi connectivity index (χ4v) is 4.18. The molecule has 3 heterocycles. The fourth-order valence-electron chi connectivity index (χ4n) is 2.75. The van der Waals surface area contributed by atoms with Crippen LogP contribution in [0.1, 0.15) is 17.5 Å². The number of hydrogen-bond acceptors (Lipinski definition) is 8. The van der Waals surface area contributed by atoms with Gasteiger partial charge >= 0.3 is 0 Å². The zero-order chi connectivity index (χ0) is 20.8. The van der Waals surface area contributed by atoms with Crippen molar-refractivity contribution in [2.75, 3.05) is 11.1 Å². The lowest BCUT2D eigenvalue weighted by Crippen LogP contribution is -2.14. The van der Waals surface area contributed by atoms with Crippen LogP contribution in [-0.2, 0) is 17.8 Å². The number of aryl methyl sites for hydroxylation is 1. The molecule has 0 fully saturated rings. The normalized spacial score (nSPS) is 10.8. The van der Waals surface area contributed by atoms with Crippen molar-refractivity contribution in [3.63, 3.8) is 0 Å². The van der Waals surface area contributed by atoms with Gasteiger partial charge < -0.3 is 0 Å². The first kappa shape index (κ1) is 20.2. The summed E-state index contributed by atoms with van der Waals surface area (Å²) >= 11 is 2.73. The highest BCUT2D eigenvalue weighted by atomic mass is 32.2. The standard InChI is InChI=1S/C20H19N7OS2/c1-2-17-23-25-19(30-17)22-16(28)13-29-20-26-24-18(15-8-10-21-11-9-15)27(20)12-14-6-4-3-5-7-14/h3-11H,2,12-13H2,1H3,(H,22,25,28). The van der Waals surface area contributed by atoms with E-state index in [1.807, 2.05) is 41.8 Å². The molecule has 0 unspecified atom stereocenters. The average molecular weight is 438 g/mol. The molecule has 0 saturated heterocycles. The van der Waals surface area contributed by atoms with E-state index in [1.165, 1.54) is 23.1 Å². The summed E-state index contributed by atoms with van der Waals surface area (Å²) in [6, 6.07) is 13.9. The number of rotatable bonds is 8. The zero-order valence-electron chi connectivity index (χ0n) is 16.2. The van der Waals surface area contributed by atoms with E-state index in [4.69, 9.17) is 0 Å². The number of benzene rings is 1. The Kier molecular flexibility index (Phi) is 6.45. The maximum atomic E-state index is 12.4. The van der Waals surface area contributed by atoms with E-state index in [1.54, 1.807) is 12.4 Å². The number of carbonyl (C=O) groups excluding carboxylic acids is 1. The third-order valence-corrected chi connectivity index (χ3v) is 6.14. The molecule has 152 valence electrons. The van der Waals surface area contributed by atoms with E-state index in [-0.39, 0.29) is 11.7 Å². The minimum atomic E-state index is -0.154. The number of amides is 1. The highest BCUT2D eigenvalue weighted by molar-refractivity contribution is 7.99. The summed E-state index contributed by atoms with van der Waals surface area (Å²) < 4.78 is 2.02. The Balaban J connectivity index is 1.52. The van der Waals surface area contributed by atoms with E-state index in [9.17, 15) is 4.79 Å². The summed E-state index contributed by atoms with van der Waals surface area (Å²) in [4.78, 5) is 16.4. The van der Waals surface area contributed by atoms with E-state index < -0.39 is 0 Å². The third-order valence-electron chi connectivity index (χ3n) is 4.19.